The van der Waals surface area contributed by atoms with Crippen LogP contribution in [0.4, 0.5) is 5.82 Å². The molecule has 14 heavy (non-hydrogen) atoms. The van der Waals surface area contributed by atoms with Crippen molar-refractivity contribution in [3.63, 3.8) is 0 Å². The molecule has 0 fully saturated rings. The van der Waals surface area contributed by atoms with Crippen LogP contribution in [0.1, 0.15) is 26.5 Å². The van der Waals surface area contributed by atoms with E-state index in [2.05, 4.69) is 14.9 Å². The normalized spacial score (nSPS) is 12.0. The van der Waals surface area contributed by atoms with E-state index in [9.17, 15) is 8.42 Å². The second kappa shape index (κ2) is 4.00. The number of anilines is 1. The van der Waals surface area contributed by atoms with Gasteiger partial charge < -0.3 is 0 Å². The average molecular weight is 217 g/mol. The van der Waals surface area contributed by atoms with Crippen molar-refractivity contribution in [1.29, 1.82) is 0 Å². The van der Waals surface area contributed by atoms with Gasteiger partial charge in [-0.15, -0.1) is 0 Å². The highest BCUT2D eigenvalue weighted by molar-refractivity contribution is 7.93. The molecule has 1 heterocycles. The van der Waals surface area contributed by atoms with E-state index < -0.39 is 15.3 Å². The summed E-state index contributed by atoms with van der Waals surface area (Å²) in [7, 11) is -3.28. The molecular formula is C8H15N3O2S. The summed E-state index contributed by atoms with van der Waals surface area (Å²) in [6.07, 6.45) is 0.802. The number of aromatic nitrogens is 2. The first-order valence-electron chi connectivity index (χ1n) is 4.51. The molecule has 0 saturated carbocycles. The maximum Gasteiger partial charge on any atom is 0.236 e. The third kappa shape index (κ3) is 2.47. The van der Waals surface area contributed by atoms with Crippen molar-refractivity contribution >= 4 is 15.8 Å². The first kappa shape index (κ1) is 11.0. The van der Waals surface area contributed by atoms with Crippen molar-refractivity contribution in [3.8, 4) is 0 Å². The van der Waals surface area contributed by atoms with E-state index in [1.165, 1.54) is 0 Å². The minimum Gasteiger partial charge on any atom is -0.280 e. The molecule has 0 atom stereocenters. The highest BCUT2D eigenvalue weighted by Crippen LogP contribution is 2.10. The number of nitrogens with one attached hydrogen (secondary N) is 2. The molecule has 80 valence electrons. The summed E-state index contributed by atoms with van der Waals surface area (Å²) in [5.74, 6) is 0.357. The van der Waals surface area contributed by atoms with Gasteiger partial charge in [-0.3, -0.25) is 9.82 Å². The third-order valence-corrected chi connectivity index (χ3v) is 3.61. The van der Waals surface area contributed by atoms with Crippen LogP contribution in [0.15, 0.2) is 6.07 Å². The van der Waals surface area contributed by atoms with Gasteiger partial charge in [0, 0.05) is 11.8 Å². The van der Waals surface area contributed by atoms with Gasteiger partial charge in [0.25, 0.3) is 0 Å². The molecule has 0 unspecified atom stereocenters. The van der Waals surface area contributed by atoms with E-state index >= 15 is 0 Å². The van der Waals surface area contributed by atoms with Crippen LogP contribution in [0, 0.1) is 0 Å². The van der Waals surface area contributed by atoms with Crippen molar-refractivity contribution < 1.29 is 8.42 Å². The predicted molar refractivity (Wildman–Crippen MR) is 55.6 cm³/mol. The number of hydrogen-bond donors (Lipinski definition) is 2. The first-order chi connectivity index (χ1) is 6.45. The van der Waals surface area contributed by atoms with Crippen LogP contribution in [0.5, 0.6) is 0 Å². The Labute approximate surface area is 84.0 Å². The summed E-state index contributed by atoms with van der Waals surface area (Å²) >= 11 is 0. The van der Waals surface area contributed by atoms with E-state index in [-0.39, 0.29) is 0 Å². The molecule has 1 aromatic heterocycles. The Morgan fingerprint density at radius 1 is 1.57 bits per heavy atom. The molecule has 1 aromatic rings. The van der Waals surface area contributed by atoms with E-state index in [0.717, 1.165) is 12.1 Å². The fourth-order valence-electron chi connectivity index (χ4n) is 0.859. The van der Waals surface area contributed by atoms with Gasteiger partial charge >= 0.3 is 0 Å². The standard InChI is InChI=1S/C8H15N3O2S/c1-4-7-5-8(10-9-7)11-14(12,13)6(2)3/h5-6H,4H2,1-3H3,(H2,9,10,11). The van der Waals surface area contributed by atoms with Crippen molar-refractivity contribution in [3.05, 3.63) is 11.8 Å². The number of rotatable bonds is 4. The SMILES string of the molecule is CCc1cc(NS(=O)(=O)C(C)C)n[nH]1. The molecule has 0 spiro atoms. The van der Waals surface area contributed by atoms with Crippen LogP contribution in [-0.2, 0) is 16.4 Å². The van der Waals surface area contributed by atoms with Gasteiger partial charge in [0.2, 0.25) is 10.0 Å². The Hall–Kier alpha value is -1.04. The summed E-state index contributed by atoms with van der Waals surface area (Å²) in [6.45, 7) is 5.21. The molecule has 1 rings (SSSR count). The minimum absolute atomic E-state index is 0.357. The molecular weight excluding hydrogens is 202 g/mol. The highest BCUT2D eigenvalue weighted by Gasteiger charge is 2.16. The van der Waals surface area contributed by atoms with E-state index in [4.69, 9.17) is 0 Å². The van der Waals surface area contributed by atoms with Crippen molar-refractivity contribution in [2.24, 2.45) is 0 Å². The van der Waals surface area contributed by atoms with Gasteiger partial charge in [0.05, 0.1) is 5.25 Å². The second-order valence-electron chi connectivity index (χ2n) is 3.33. The number of aryl methyl sites for hydroxylation is 1. The number of nitrogens with zero attached hydrogens (tertiary/aromatic N) is 1. The molecule has 5 nitrogen and oxygen atoms in total. The molecule has 6 heteroatoms. The Kier molecular flexibility index (Phi) is 3.15. The van der Waals surface area contributed by atoms with Crippen LogP contribution >= 0.6 is 0 Å². The van der Waals surface area contributed by atoms with Crippen LogP contribution < -0.4 is 4.72 Å². The summed E-state index contributed by atoms with van der Waals surface area (Å²) in [4.78, 5) is 0. The fraction of sp³-hybridized carbons (Fsp3) is 0.625. The lowest BCUT2D eigenvalue weighted by Gasteiger charge is -2.07. The second-order valence-corrected chi connectivity index (χ2v) is 5.56. The maximum absolute atomic E-state index is 11.4. The van der Waals surface area contributed by atoms with Gasteiger partial charge in [0.15, 0.2) is 5.82 Å². The van der Waals surface area contributed by atoms with Crippen LogP contribution in [0.25, 0.3) is 0 Å². The molecule has 0 aliphatic heterocycles. The molecule has 0 radical (unpaired) electrons. The number of H-pyrrole nitrogens is 1. The summed E-state index contributed by atoms with van der Waals surface area (Å²) in [5, 5.41) is 6.12. The van der Waals surface area contributed by atoms with Crippen LogP contribution in [0.2, 0.25) is 0 Å². The largest absolute Gasteiger partial charge is 0.280 e. The van der Waals surface area contributed by atoms with E-state index in [1.54, 1.807) is 19.9 Å². The lowest BCUT2D eigenvalue weighted by molar-refractivity contribution is 0.592. The van der Waals surface area contributed by atoms with Gasteiger partial charge in [-0.1, -0.05) is 6.92 Å². The Balaban J connectivity index is 2.79. The van der Waals surface area contributed by atoms with Gasteiger partial charge in [-0.25, -0.2) is 8.42 Å². The summed E-state index contributed by atoms with van der Waals surface area (Å²) in [5.41, 5.74) is 0.909. The van der Waals surface area contributed by atoms with Crippen LogP contribution in [-0.4, -0.2) is 23.9 Å². The zero-order valence-corrected chi connectivity index (χ0v) is 9.35. The number of hydrogen-bond acceptors (Lipinski definition) is 3. The van der Waals surface area contributed by atoms with Crippen molar-refractivity contribution in [2.75, 3.05) is 4.72 Å². The molecule has 0 aliphatic carbocycles. The third-order valence-electron chi connectivity index (χ3n) is 1.88. The average Bonchev–Trinajstić information content (AvgIpc) is 2.51. The molecule has 0 bridgehead atoms. The van der Waals surface area contributed by atoms with Gasteiger partial charge in [-0.2, -0.15) is 5.10 Å². The quantitative estimate of drug-likeness (QED) is 0.793. The van der Waals surface area contributed by atoms with E-state index in [0.29, 0.717) is 5.82 Å². The number of aromatic amines is 1. The Morgan fingerprint density at radius 2 is 2.21 bits per heavy atom. The topological polar surface area (TPSA) is 74.8 Å². The minimum atomic E-state index is -3.28. The zero-order valence-electron chi connectivity index (χ0n) is 8.53. The highest BCUT2D eigenvalue weighted by atomic mass is 32.2. The maximum atomic E-state index is 11.4. The lowest BCUT2D eigenvalue weighted by Crippen LogP contribution is -2.22. The first-order valence-corrected chi connectivity index (χ1v) is 6.06. The van der Waals surface area contributed by atoms with Gasteiger partial charge in [-0.05, 0) is 20.3 Å². The Bertz CT molecular complexity index is 394. The lowest BCUT2D eigenvalue weighted by atomic mass is 10.3. The monoisotopic (exact) mass is 217 g/mol. The summed E-state index contributed by atoms with van der Waals surface area (Å²) in [6, 6.07) is 1.69. The number of sulfonamides is 1. The van der Waals surface area contributed by atoms with Crippen molar-refractivity contribution in [1.82, 2.24) is 10.2 Å². The zero-order chi connectivity index (χ0) is 10.8. The van der Waals surface area contributed by atoms with Gasteiger partial charge in [0.1, 0.15) is 0 Å². The molecule has 0 saturated heterocycles. The molecule has 0 aromatic carbocycles. The smallest absolute Gasteiger partial charge is 0.236 e. The predicted octanol–water partition coefficient (Wildman–Crippen LogP) is 1.12. The molecule has 2 N–H and O–H groups in total. The summed E-state index contributed by atoms with van der Waals surface area (Å²) < 4.78 is 25.3. The van der Waals surface area contributed by atoms with Crippen LogP contribution in [0.3, 0.4) is 0 Å². The Morgan fingerprint density at radius 3 is 2.64 bits per heavy atom. The fourth-order valence-corrected chi connectivity index (χ4v) is 1.49. The van der Waals surface area contributed by atoms with E-state index in [1.807, 2.05) is 6.92 Å². The van der Waals surface area contributed by atoms with Crippen molar-refractivity contribution in [2.45, 2.75) is 32.4 Å². The molecule has 0 amide bonds. The molecule has 0 aliphatic rings.